The van der Waals surface area contributed by atoms with Crippen LogP contribution >= 0.6 is 0 Å². The predicted molar refractivity (Wildman–Crippen MR) is 104 cm³/mol. The van der Waals surface area contributed by atoms with Crippen LogP contribution in [0.15, 0.2) is 61.2 Å². The summed E-state index contributed by atoms with van der Waals surface area (Å²) < 4.78 is 11.2. The van der Waals surface area contributed by atoms with Crippen LogP contribution in [0.25, 0.3) is 0 Å². The largest absolute Gasteiger partial charge is 0.489 e. The lowest BCUT2D eigenvalue weighted by Crippen LogP contribution is -2.48. The summed E-state index contributed by atoms with van der Waals surface area (Å²) in [6.07, 6.45) is 1.32. The highest BCUT2D eigenvalue weighted by Crippen LogP contribution is 2.18. The molecule has 0 aliphatic heterocycles. The van der Waals surface area contributed by atoms with Gasteiger partial charge in [-0.25, -0.2) is 0 Å². The summed E-state index contributed by atoms with van der Waals surface area (Å²) in [4.78, 5) is 24.7. The molecule has 2 amide bonds. The van der Waals surface area contributed by atoms with Crippen molar-refractivity contribution in [2.75, 3.05) is 6.61 Å². The van der Waals surface area contributed by atoms with Gasteiger partial charge in [0.1, 0.15) is 18.1 Å². The molecular formula is C21H24N2O4. The van der Waals surface area contributed by atoms with E-state index < -0.39 is 17.9 Å². The van der Waals surface area contributed by atoms with Gasteiger partial charge in [-0.15, -0.1) is 0 Å². The molecule has 1 unspecified atom stereocenters. The van der Waals surface area contributed by atoms with Crippen LogP contribution in [0.1, 0.15) is 29.3 Å². The lowest BCUT2D eigenvalue weighted by Gasteiger charge is -2.18. The molecule has 0 saturated heterocycles. The molecule has 0 radical (unpaired) electrons. The van der Waals surface area contributed by atoms with Crippen molar-refractivity contribution in [3.05, 3.63) is 72.3 Å². The number of amides is 2. The number of carbonyl (C=O) groups excluding carboxylic acids is 2. The maximum Gasteiger partial charge on any atom is 0.279 e. The quantitative estimate of drug-likeness (QED) is 0.554. The molecule has 2 rings (SSSR count). The average molecular weight is 368 g/mol. The van der Waals surface area contributed by atoms with E-state index in [0.29, 0.717) is 23.5 Å². The molecule has 2 aromatic carbocycles. The molecule has 27 heavy (non-hydrogen) atoms. The molecule has 0 aliphatic carbocycles. The molecule has 2 aromatic rings. The number of nitrogens with one attached hydrogen (secondary N) is 2. The van der Waals surface area contributed by atoms with E-state index in [-0.39, 0.29) is 6.61 Å². The molecule has 1 atom stereocenters. The van der Waals surface area contributed by atoms with Crippen LogP contribution in [-0.4, -0.2) is 24.5 Å². The van der Waals surface area contributed by atoms with Gasteiger partial charge in [-0.2, -0.15) is 0 Å². The van der Waals surface area contributed by atoms with Crippen LogP contribution in [0.2, 0.25) is 0 Å². The van der Waals surface area contributed by atoms with Crippen molar-refractivity contribution >= 4 is 11.8 Å². The highest BCUT2D eigenvalue weighted by Gasteiger charge is 2.20. The number of aryl methyl sites for hydroxylation is 1. The first kappa shape index (κ1) is 20.0. The van der Waals surface area contributed by atoms with Gasteiger partial charge in [-0.1, -0.05) is 43.8 Å². The third-order valence-corrected chi connectivity index (χ3v) is 3.72. The minimum Gasteiger partial charge on any atom is -0.489 e. The Kier molecular flexibility index (Phi) is 7.43. The Hall–Kier alpha value is -3.28. The smallest absolute Gasteiger partial charge is 0.279 e. The third-order valence-electron chi connectivity index (χ3n) is 3.72. The standard InChI is InChI=1S/C21H24N2O4/c1-4-13-26-19-12-7-6-11-17(19)20(24)22-23-21(25)18(5-2)27-16-10-8-9-15(3)14-16/h4,6-12,14,18H,1,5,13H2,2-3H3,(H,22,24)(H,23,25). The second-order valence-electron chi connectivity index (χ2n) is 5.87. The van der Waals surface area contributed by atoms with Crippen molar-refractivity contribution in [3.63, 3.8) is 0 Å². The van der Waals surface area contributed by atoms with Gasteiger partial charge in [-0.3, -0.25) is 20.4 Å². The molecular weight excluding hydrogens is 344 g/mol. The molecule has 0 fully saturated rings. The van der Waals surface area contributed by atoms with Crippen molar-refractivity contribution in [1.29, 1.82) is 0 Å². The summed E-state index contributed by atoms with van der Waals surface area (Å²) in [6, 6.07) is 14.2. The average Bonchev–Trinajstić information content (AvgIpc) is 2.68. The first-order valence-corrected chi connectivity index (χ1v) is 8.71. The molecule has 0 bridgehead atoms. The maximum absolute atomic E-state index is 12.4. The van der Waals surface area contributed by atoms with Crippen LogP contribution in [0.3, 0.4) is 0 Å². The van der Waals surface area contributed by atoms with Crippen LogP contribution in [0, 0.1) is 6.92 Å². The summed E-state index contributed by atoms with van der Waals surface area (Å²) in [6.45, 7) is 7.64. The van der Waals surface area contributed by atoms with Crippen LogP contribution < -0.4 is 20.3 Å². The lowest BCUT2D eigenvalue weighted by atomic mass is 10.2. The van der Waals surface area contributed by atoms with E-state index in [2.05, 4.69) is 17.4 Å². The molecule has 0 heterocycles. The van der Waals surface area contributed by atoms with Gasteiger partial charge in [0.25, 0.3) is 11.8 Å². The molecule has 6 nitrogen and oxygen atoms in total. The Bertz CT molecular complexity index is 804. The molecule has 0 aliphatic rings. The van der Waals surface area contributed by atoms with Gasteiger partial charge in [0.15, 0.2) is 6.10 Å². The molecule has 0 aromatic heterocycles. The van der Waals surface area contributed by atoms with Gasteiger partial charge < -0.3 is 9.47 Å². The molecule has 2 N–H and O–H groups in total. The topological polar surface area (TPSA) is 76.7 Å². The van der Waals surface area contributed by atoms with Crippen molar-refractivity contribution < 1.29 is 19.1 Å². The van der Waals surface area contributed by atoms with E-state index in [4.69, 9.17) is 9.47 Å². The zero-order valence-electron chi connectivity index (χ0n) is 15.5. The second-order valence-corrected chi connectivity index (χ2v) is 5.87. The first-order valence-electron chi connectivity index (χ1n) is 8.71. The van der Waals surface area contributed by atoms with Crippen molar-refractivity contribution in [2.24, 2.45) is 0 Å². The SMILES string of the molecule is C=CCOc1ccccc1C(=O)NNC(=O)C(CC)Oc1cccc(C)c1. The number of hydrogen-bond acceptors (Lipinski definition) is 4. The summed E-state index contributed by atoms with van der Waals surface area (Å²) in [7, 11) is 0. The predicted octanol–water partition coefficient (Wildman–Crippen LogP) is 3.18. The number of carbonyl (C=O) groups is 2. The highest BCUT2D eigenvalue weighted by atomic mass is 16.5. The first-order chi connectivity index (χ1) is 13.0. The van der Waals surface area contributed by atoms with E-state index in [1.807, 2.05) is 32.0 Å². The summed E-state index contributed by atoms with van der Waals surface area (Å²) in [5, 5.41) is 0. The lowest BCUT2D eigenvalue weighted by molar-refractivity contribution is -0.128. The van der Waals surface area contributed by atoms with E-state index in [9.17, 15) is 9.59 Å². The number of rotatable bonds is 8. The third kappa shape index (κ3) is 5.88. The highest BCUT2D eigenvalue weighted by molar-refractivity contribution is 5.98. The molecule has 0 saturated carbocycles. The van der Waals surface area contributed by atoms with E-state index in [1.165, 1.54) is 0 Å². The number of benzene rings is 2. The summed E-state index contributed by atoms with van der Waals surface area (Å²) in [5.41, 5.74) is 6.16. The summed E-state index contributed by atoms with van der Waals surface area (Å²) in [5.74, 6) is 0.101. The van der Waals surface area contributed by atoms with Crippen molar-refractivity contribution in [1.82, 2.24) is 10.9 Å². The van der Waals surface area contributed by atoms with Crippen molar-refractivity contribution in [3.8, 4) is 11.5 Å². The van der Waals surface area contributed by atoms with Crippen LogP contribution in [0.5, 0.6) is 11.5 Å². The second kappa shape index (κ2) is 10.0. The minimum absolute atomic E-state index is 0.277. The Morgan fingerprint density at radius 3 is 2.63 bits per heavy atom. The number of hydrogen-bond donors (Lipinski definition) is 2. The number of para-hydroxylation sites is 1. The minimum atomic E-state index is -0.723. The van der Waals surface area contributed by atoms with E-state index >= 15 is 0 Å². The van der Waals surface area contributed by atoms with Gasteiger partial charge in [0, 0.05) is 0 Å². The summed E-state index contributed by atoms with van der Waals surface area (Å²) >= 11 is 0. The van der Waals surface area contributed by atoms with Crippen LogP contribution in [-0.2, 0) is 4.79 Å². The molecule has 142 valence electrons. The van der Waals surface area contributed by atoms with E-state index in [0.717, 1.165) is 5.56 Å². The Morgan fingerprint density at radius 2 is 1.93 bits per heavy atom. The number of ether oxygens (including phenoxy) is 2. The van der Waals surface area contributed by atoms with E-state index in [1.54, 1.807) is 36.4 Å². The fourth-order valence-electron chi connectivity index (χ4n) is 2.37. The van der Waals surface area contributed by atoms with Gasteiger partial charge >= 0.3 is 0 Å². The zero-order valence-corrected chi connectivity index (χ0v) is 15.5. The fourth-order valence-corrected chi connectivity index (χ4v) is 2.37. The van der Waals surface area contributed by atoms with Gasteiger partial charge in [-0.05, 0) is 43.2 Å². The molecule has 6 heteroatoms. The maximum atomic E-state index is 12.4. The Morgan fingerprint density at radius 1 is 1.15 bits per heavy atom. The van der Waals surface area contributed by atoms with Crippen LogP contribution in [0.4, 0.5) is 0 Å². The molecule has 0 spiro atoms. The van der Waals surface area contributed by atoms with Gasteiger partial charge in [0.05, 0.1) is 5.56 Å². The fraction of sp³-hybridized carbons (Fsp3) is 0.238. The Balaban J connectivity index is 1.97. The normalized spacial score (nSPS) is 11.2. The number of hydrazine groups is 1. The van der Waals surface area contributed by atoms with Gasteiger partial charge in [0.2, 0.25) is 0 Å². The van der Waals surface area contributed by atoms with Crippen molar-refractivity contribution in [2.45, 2.75) is 26.4 Å². The Labute approximate surface area is 159 Å². The monoisotopic (exact) mass is 368 g/mol. The zero-order chi connectivity index (χ0) is 19.6.